The summed E-state index contributed by atoms with van der Waals surface area (Å²) in [5.41, 5.74) is 0. The van der Waals surface area contributed by atoms with Crippen LogP contribution in [-0.2, 0) is 13.6 Å². The number of aliphatic imine (C=N–C) groups is 1. The molecule has 2 aromatic heterocycles. The molecule has 8 nitrogen and oxygen atoms in total. The van der Waals surface area contributed by atoms with Crippen molar-refractivity contribution in [2.24, 2.45) is 12.0 Å². The number of pyridine rings is 1. The number of aromatic nitrogens is 4. The normalized spacial score (nSPS) is 20.4. The molecule has 2 aliphatic rings. The molecule has 1 aliphatic carbocycles. The van der Waals surface area contributed by atoms with Gasteiger partial charge in [0.05, 0.1) is 5.02 Å². The third-order valence-corrected chi connectivity index (χ3v) is 6.12. The number of rotatable bonds is 5. The number of hydrogen-bond acceptors (Lipinski definition) is 5. The molecule has 0 amide bonds. The van der Waals surface area contributed by atoms with Crippen LogP contribution in [0.25, 0.3) is 0 Å². The molecular formula is C20H29ClN8. The Hall–Kier alpha value is -2.35. The highest BCUT2D eigenvalue weighted by molar-refractivity contribution is 6.32. The minimum atomic E-state index is 0.293. The zero-order valence-electron chi connectivity index (χ0n) is 17.1. The highest BCUT2D eigenvalue weighted by atomic mass is 35.5. The number of nitrogens with one attached hydrogen (secondary N) is 2. The van der Waals surface area contributed by atoms with Crippen molar-refractivity contribution >= 4 is 23.4 Å². The smallest absolute Gasteiger partial charge is 0.192 e. The van der Waals surface area contributed by atoms with Gasteiger partial charge >= 0.3 is 0 Å². The van der Waals surface area contributed by atoms with Crippen LogP contribution < -0.4 is 15.5 Å². The molecule has 1 saturated carbocycles. The summed E-state index contributed by atoms with van der Waals surface area (Å²) in [6.07, 6.45) is 7.76. The van der Waals surface area contributed by atoms with E-state index in [4.69, 9.17) is 16.6 Å². The van der Waals surface area contributed by atoms with Crippen LogP contribution in [0.2, 0.25) is 5.02 Å². The van der Waals surface area contributed by atoms with Gasteiger partial charge in [0.2, 0.25) is 0 Å². The predicted molar refractivity (Wildman–Crippen MR) is 115 cm³/mol. The largest absolute Gasteiger partial charge is 0.354 e. The van der Waals surface area contributed by atoms with Crippen LogP contribution in [0.4, 0.5) is 5.82 Å². The fraction of sp³-hybridized carbons (Fsp3) is 0.600. The average molecular weight is 417 g/mol. The minimum Gasteiger partial charge on any atom is -0.354 e. The summed E-state index contributed by atoms with van der Waals surface area (Å²) in [6.45, 7) is 4.23. The fourth-order valence-corrected chi connectivity index (χ4v) is 4.25. The molecule has 0 bridgehead atoms. The number of hydrogen-bond donors (Lipinski definition) is 2. The van der Waals surface area contributed by atoms with E-state index >= 15 is 0 Å². The number of anilines is 1. The lowest BCUT2D eigenvalue weighted by molar-refractivity contribution is 0.584. The van der Waals surface area contributed by atoms with Gasteiger partial charge in [0.1, 0.15) is 18.2 Å². The standard InChI is InChI=1S/C20H29ClN8/c1-14-26-27-18(28(14)2)12-23-20(24-15-6-3-4-7-15)25-16-9-11-29(13-16)19-17(21)8-5-10-22-19/h5,8,10,15-16H,3-4,6-7,9,11-13H2,1-2H3,(H2,23,24,25). The van der Waals surface area contributed by atoms with Gasteiger partial charge in [0.25, 0.3) is 0 Å². The molecule has 9 heteroatoms. The molecule has 4 rings (SSSR count). The molecular weight excluding hydrogens is 388 g/mol. The molecule has 1 atom stereocenters. The van der Waals surface area contributed by atoms with Gasteiger partial charge in [-0.1, -0.05) is 24.4 Å². The highest BCUT2D eigenvalue weighted by Gasteiger charge is 2.26. The average Bonchev–Trinajstić information content (AvgIpc) is 3.45. The van der Waals surface area contributed by atoms with Crippen molar-refractivity contribution in [1.29, 1.82) is 0 Å². The fourth-order valence-electron chi connectivity index (χ4n) is 4.01. The van der Waals surface area contributed by atoms with Crippen molar-refractivity contribution in [3.05, 3.63) is 35.0 Å². The highest BCUT2D eigenvalue weighted by Crippen LogP contribution is 2.26. The Balaban J connectivity index is 1.43. The van der Waals surface area contributed by atoms with E-state index in [1.807, 2.05) is 30.7 Å². The van der Waals surface area contributed by atoms with Gasteiger partial charge in [-0.15, -0.1) is 10.2 Å². The maximum absolute atomic E-state index is 6.33. The first-order valence-electron chi connectivity index (χ1n) is 10.4. The van der Waals surface area contributed by atoms with Gasteiger partial charge in [-0.3, -0.25) is 0 Å². The number of guanidine groups is 1. The van der Waals surface area contributed by atoms with Gasteiger partial charge in [-0.25, -0.2) is 9.98 Å². The van der Waals surface area contributed by atoms with E-state index in [0.717, 1.165) is 42.9 Å². The predicted octanol–water partition coefficient (Wildman–Crippen LogP) is 2.43. The second-order valence-corrected chi connectivity index (χ2v) is 8.30. The first-order chi connectivity index (χ1) is 14.1. The summed E-state index contributed by atoms with van der Waals surface area (Å²) in [5.74, 6) is 3.47. The second-order valence-electron chi connectivity index (χ2n) is 7.90. The van der Waals surface area contributed by atoms with Crippen molar-refractivity contribution in [3.8, 4) is 0 Å². The Morgan fingerprint density at radius 3 is 2.72 bits per heavy atom. The summed E-state index contributed by atoms with van der Waals surface area (Å²) >= 11 is 6.33. The zero-order valence-corrected chi connectivity index (χ0v) is 17.9. The van der Waals surface area contributed by atoms with Gasteiger partial charge < -0.3 is 20.1 Å². The molecule has 1 aliphatic heterocycles. The first-order valence-corrected chi connectivity index (χ1v) is 10.8. The van der Waals surface area contributed by atoms with Crippen molar-refractivity contribution in [2.45, 2.75) is 57.7 Å². The van der Waals surface area contributed by atoms with E-state index in [0.29, 0.717) is 23.7 Å². The number of aryl methyl sites for hydroxylation is 1. The van der Waals surface area contributed by atoms with Gasteiger partial charge in [-0.2, -0.15) is 0 Å². The van der Waals surface area contributed by atoms with Crippen molar-refractivity contribution in [2.75, 3.05) is 18.0 Å². The Kier molecular flexibility index (Phi) is 6.18. The Bertz CT molecular complexity index is 858. The maximum Gasteiger partial charge on any atom is 0.192 e. The molecule has 0 aromatic carbocycles. The second kappa shape index (κ2) is 8.98. The van der Waals surface area contributed by atoms with E-state index in [1.165, 1.54) is 25.7 Å². The lowest BCUT2D eigenvalue weighted by Crippen LogP contribution is -2.47. The summed E-state index contributed by atoms with van der Waals surface area (Å²) in [6, 6.07) is 4.54. The Labute approximate surface area is 176 Å². The third-order valence-electron chi connectivity index (χ3n) is 5.83. The molecule has 2 aromatic rings. The Morgan fingerprint density at radius 2 is 2.00 bits per heavy atom. The molecule has 29 heavy (non-hydrogen) atoms. The van der Waals surface area contributed by atoms with Crippen LogP contribution in [0, 0.1) is 6.92 Å². The first kappa shape index (κ1) is 19.9. The molecule has 1 unspecified atom stereocenters. The van der Waals surface area contributed by atoms with Crippen molar-refractivity contribution < 1.29 is 0 Å². The van der Waals surface area contributed by atoms with Crippen molar-refractivity contribution in [1.82, 2.24) is 30.4 Å². The molecule has 2 N–H and O–H groups in total. The van der Waals surface area contributed by atoms with E-state index in [-0.39, 0.29) is 0 Å². The quantitative estimate of drug-likeness (QED) is 0.575. The van der Waals surface area contributed by atoms with Crippen LogP contribution in [0.5, 0.6) is 0 Å². The summed E-state index contributed by atoms with van der Waals surface area (Å²) in [7, 11) is 1.98. The van der Waals surface area contributed by atoms with Crippen LogP contribution in [0.3, 0.4) is 0 Å². The summed E-state index contributed by atoms with van der Waals surface area (Å²) < 4.78 is 1.98. The topological polar surface area (TPSA) is 83.3 Å². The molecule has 1 saturated heterocycles. The van der Waals surface area contributed by atoms with E-state index in [2.05, 4.69) is 30.7 Å². The van der Waals surface area contributed by atoms with E-state index in [9.17, 15) is 0 Å². The summed E-state index contributed by atoms with van der Waals surface area (Å²) in [4.78, 5) is 11.5. The molecule has 0 spiro atoms. The van der Waals surface area contributed by atoms with Crippen LogP contribution in [0.1, 0.15) is 43.8 Å². The number of nitrogens with zero attached hydrogens (tertiary/aromatic N) is 6. The minimum absolute atomic E-state index is 0.293. The van der Waals surface area contributed by atoms with Crippen LogP contribution >= 0.6 is 11.6 Å². The van der Waals surface area contributed by atoms with E-state index in [1.54, 1.807) is 6.20 Å². The van der Waals surface area contributed by atoms with Gasteiger partial charge in [0.15, 0.2) is 11.8 Å². The number of halogens is 1. The van der Waals surface area contributed by atoms with Crippen LogP contribution in [-0.4, -0.2) is 50.9 Å². The molecule has 156 valence electrons. The molecule has 2 fully saturated rings. The monoisotopic (exact) mass is 416 g/mol. The maximum atomic E-state index is 6.33. The van der Waals surface area contributed by atoms with E-state index < -0.39 is 0 Å². The van der Waals surface area contributed by atoms with Gasteiger partial charge in [0, 0.05) is 38.4 Å². The molecule has 3 heterocycles. The summed E-state index contributed by atoms with van der Waals surface area (Å²) in [5, 5.41) is 16.3. The Morgan fingerprint density at radius 1 is 1.21 bits per heavy atom. The van der Waals surface area contributed by atoms with Gasteiger partial charge in [-0.05, 0) is 38.3 Å². The SMILES string of the molecule is Cc1nnc(CN=C(NC2CCCC2)NC2CCN(c3ncccc3Cl)C2)n1C. The van der Waals surface area contributed by atoms with Crippen LogP contribution in [0.15, 0.2) is 23.3 Å². The lowest BCUT2D eigenvalue weighted by Gasteiger charge is -2.22. The van der Waals surface area contributed by atoms with Crippen molar-refractivity contribution in [3.63, 3.8) is 0 Å². The third kappa shape index (κ3) is 4.80. The molecule has 0 radical (unpaired) electrons. The lowest BCUT2D eigenvalue weighted by atomic mass is 10.2. The zero-order chi connectivity index (χ0) is 20.2.